The van der Waals surface area contributed by atoms with Gasteiger partial charge in [0.1, 0.15) is 11.4 Å². The summed E-state index contributed by atoms with van der Waals surface area (Å²) >= 11 is 3.58. The highest BCUT2D eigenvalue weighted by Crippen LogP contribution is 2.39. The van der Waals surface area contributed by atoms with E-state index in [-0.39, 0.29) is 23.8 Å². The van der Waals surface area contributed by atoms with E-state index in [1.165, 1.54) is 0 Å². The second-order valence-electron chi connectivity index (χ2n) is 10.8. The molecule has 1 aromatic heterocycles. The predicted octanol–water partition coefficient (Wildman–Crippen LogP) is 4.78. The Bertz CT molecular complexity index is 1160. The first-order valence-electron chi connectivity index (χ1n) is 12.3. The molecule has 9 heteroatoms. The lowest BCUT2D eigenvalue weighted by Crippen LogP contribution is -2.41. The maximum Gasteiger partial charge on any atom is 0.407 e. The number of alkyl carbamates (subject to hydrolysis) is 1. The fourth-order valence-corrected chi connectivity index (χ4v) is 5.61. The van der Waals surface area contributed by atoms with E-state index in [0.29, 0.717) is 36.0 Å². The molecule has 8 nitrogen and oxygen atoms in total. The van der Waals surface area contributed by atoms with Crippen LogP contribution >= 0.6 is 15.9 Å². The number of halogens is 1. The van der Waals surface area contributed by atoms with Crippen LogP contribution in [-0.2, 0) is 18.3 Å². The summed E-state index contributed by atoms with van der Waals surface area (Å²) in [4.78, 5) is 25.5. The Balaban J connectivity index is 1.36. The highest BCUT2D eigenvalue weighted by molar-refractivity contribution is 9.10. The zero-order valence-electron chi connectivity index (χ0n) is 20.9. The first kappa shape index (κ1) is 25.5. The number of amides is 1. The van der Waals surface area contributed by atoms with Gasteiger partial charge in [-0.2, -0.15) is 0 Å². The van der Waals surface area contributed by atoms with Crippen LogP contribution in [0, 0.1) is 17.2 Å². The van der Waals surface area contributed by atoms with Gasteiger partial charge in [-0.15, -0.1) is 0 Å². The summed E-state index contributed by atoms with van der Waals surface area (Å²) in [7, 11) is 1.84. The van der Waals surface area contributed by atoms with Crippen LogP contribution < -0.4 is 15.7 Å². The standard InChI is InChI=1S/C26H35BrN4O4/c1-26(2,3)35-25(33)29-19-7-5-16(6-8-19)11-18-15-34-23-20(22(18)32)12-17(13-21(23)27)14-31-10-9-30(4)24(31)28/h9-10,12-13,16,18-19,28H,5-8,11,14-15H2,1-4H3,(H,29,33)/t16?,18-,19?/m1/s1. The summed E-state index contributed by atoms with van der Waals surface area (Å²) in [5, 5.41) is 11.1. The molecular weight excluding hydrogens is 512 g/mol. The summed E-state index contributed by atoms with van der Waals surface area (Å²) < 4.78 is 15.8. The van der Waals surface area contributed by atoms with Crippen molar-refractivity contribution < 1.29 is 19.1 Å². The Morgan fingerprint density at radius 2 is 1.94 bits per heavy atom. The summed E-state index contributed by atoms with van der Waals surface area (Å²) in [6.07, 6.45) is 7.87. The Kier molecular flexibility index (Phi) is 7.45. The fraction of sp³-hybridized carbons (Fsp3) is 0.577. The second kappa shape index (κ2) is 10.2. The van der Waals surface area contributed by atoms with Gasteiger partial charge in [0.25, 0.3) is 0 Å². The quantitative estimate of drug-likeness (QED) is 0.563. The van der Waals surface area contributed by atoms with E-state index in [1.807, 2.05) is 56.9 Å². The minimum Gasteiger partial charge on any atom is -0.491 e. The molecule has 2 aromatic rings. The highest BCUT2D eigenvalue weighted by atomic mass is 79.9. The number of nitrogens with zero attached hydrogens (tertiary/aromatic N) is 2. The van der Waals surface area contributed by atoms with Gasteiger partial charge < -0.3 is 23.9 Å². The molecule has 2 heterocycles. The zero-order chi connectivity index (χ0) is 25.3. The summed E-state index contributed by atoms with van der Waals surface area (Å²) in [6, 6.07) is 4.00. The Morgan fingerprint density at radius 3 is 2.57 bits per heavy atom. The molecule has 35 heavy (non-hydrogen) atoms. The van der Waals surface area contributed by atoms with Gasteiger partial charge in [-0.1, -0.05) is 0 Å². The van der Waals surface area contributed by atoms with Crippen LogP contribution in [0.2, 0.25) is 0 Å². The number of ether oxygens (including phenoxy) is 2. The van der Waals surface area contributed by atoms with Gasteiger partial charge in [-0.05, 0) is 92.4 Å². The molecule has 1 amide bonds. The predicted molar refractivity (Wildman–Crippen MR) is 136 cm³/mol. The molecule has 1 saturated carbocycles. The molecule has 0 bridgehead atoms. The number of carbonyl (C=O) groups is 2. The van der Waals surface area contributed by atoms with Crippen molar-refractivity contribution in [2.75, 3.05) is 6.61 Å². The van der Waals surface area contributed by atoms with Gasteiger partial charge in [0, 0.05) is 25.5 Å². The number of nitrogens with one attached hydrogen (secondary N) is 2. The van der Waals surface area contributed by atoms with Crippen LogP contribution in [-0.4, -0.2) is 39.3 Å². The number of Topliss-reactive ketones (excluding diaryl/α,β-unsaturated/α-hetero) is 1. The Hall–Kier alpha value is -2.55. The van der Waals surface area contributed by atoms with Crippen molar-refractivity contribution in [3.63, 3.8) is 0 Å². The van der Waals surface area contributed by atoms with E-state index >= 15 is 0 Å². The lowest BCUT2D eigenvalue weighted by molar-refractivity contribution is 0.0484. The third kappa shape index (κ3) is 6.18. The molecule has 0 saturated heterocycles. The highest BCUT2D eigenvalue weighted by Gasteiger charge is 2.34. The van der Waals surface area contributed by atoms with Gasteiger partial charge in [-0.25, -0.2) is 4.79 Å². The van der Waals surface area contributed by atoms with Crippen LogP contribution in [0.1, 0.15) is 68.8 Å². The monoisotopic (exact) mass is 546 g/mol. The minimum atomic E-state index is -0.503. The maximum absolute atomic E-state index is 13.4. The van der Waals surface area contributed by atoms with Crippen molar-refractivity contribution in [2.45, 2.75) is 71.1 Å². The molecule has 2 N–H and O–H groups in total. The first-order valence-corrected chi connectivity index (χ1v) is 13.0. The van der Waals surface area contributed by atoms with Gasteiger partial charge in [-0.3, -0.25) is 10.2 Å². The number of aryl methyl sites for hydroxylation is 1. The van der Waals surface area contributed by atoms with Crippen molar-refractivity contribution in [1.82, 2.24) is 14.5 Å². The molecular formula is C26H35BrN4O4. The number of hydrogen-bond donors (Lipinski definition) is 2. The van der Waals surface area contributed by atoms with Crippen molar-refractivity contribution in [3.05, 3.63) is 45.7 Å². The third-order valence-electron chi connectivity index (χ3n) is 6.78. The van der Waals surface area contributed by atoms with Gasteiger partial charge in [0.05, 0.1) is 29.1 Å². The Labute approximate surface area is 214 Å². The van der Waals surface area contributed by atoms with Crippen molar-refractivity contribution in [1.29, 1.82) is 5.41 Å². The number of carbonyl (C=O) groups excluding carboxylic acids is 2. The molecule has 0 unspecified atom stereocenters. The molecule has 190 valence electrons. The number of ketones is 1. The lowest BCUT2D eigenvalue weighted by Gasteiger charge is -2.33. The fourth-order valence-electron chi connectivity index (χ4n) is 4.99. The normalized spacial score (nSPS) is 22.3. The minimum absolute atomic E-state index is 0.121. The molecule has 0 radical (unpaired) electrons. The van der Waals surface area contributed by atoms with Crippen LogP contribution in [0.3, 0.4) is 0 Å². The van der Waals surface area contributed by atoms with Gasteiger partial charge in [0.2, 0.25) is 5.62 Å². The van der Waals surface area contributed by atoms with Crippen LogP contribution in [0.5, 0.6) is 5.75 Å². The second-order valence-corrected chi connectivity index (χ2v) is 11.6. The summed E-state index contributed by atoms with van der Waals surface area (Å²) in [6.45, 7) is 6.49. The van der Waals surface area contributed by atoms with E-state index in [4.69, 9.17) is 14.9 Å². The summed E-state index contributed by atoms with van der Waals surface area (Å²) in [5.41, 5.74) is 1.47. The molecule has 1 aromatic carbocycles. The van der Waals surface area contributed by atoms with Crippen LogP contribution in [0.4, 0.5) is 4.79 Å². The molecule has 2 aliphatic rings. The van der Waals surface area contributed by atoms with E-state index in [9.17, 15) is 9.59 Å². The molecule has 1 aliphatic heterocycles. The third-order valence-corrected chi connectivity index (χ3v) is 7.37. The topological polar surface area (TPSA) is 98.3 Å². The van der Waals surface area contributed by atoms with Crippen LogP contribution in [0.25, 0.3) is 0 Å². The number of benzene rings is 1. The maximum atomic E-state index is 13.4. The number of fused-ring (bicyclic) bond motifs is 1. The molecule has 1 aliphatic carbocycles. The van der Waals surface area contributed by atoms with Gasteiger partial charge >= 0.3 is 6.09 Å². The van der Waals surface area contributed by atoms with E-state index in [0.717, 1.165) is 42.1 Å². The van der Waals surface area contributed by atoms with E-state index < -0.39 is 5.60 Å². The molecule has 1 atom stereocenters. The van der Waals surface area contributed by atoms with E-state index in [2.05, 4.69) is 21.2 Å². The molecule has 0 spiro atoms. The number of hydrogen-bond acceptors (Lipinski definition) is 5. The Morgan fingerprint density at radius 1 is 1.23 bits per heavy atom. The molecule has 4 rings (SSSR count). The van der Waals surface area contributed by atoms with Crippen LogP contribution in [0.15, 0.2) is 29.0 Å². The smallest absolute Gasteiger partial charge is 0.407 e. The zero-order valence-corrected chi connectivity index (χ0v) is 22.5. The van der Waals surface area contributed by atoms with Gasteiger partial charge in [0.15, 0.2) is 5.78 Å². The SMILES string of the molecule is Cn1ccn(Cc2cc(Br)c3c(c2)C(=O)[C@H](CC2CCC(NC(=O)OC(C)(C)C)CC2)CO3)c1=N. The van der Waals surface area contributed by atoms with Crippen molar-refractivity contribution in [2.24, 2.45) is 18.9 Å². The number of imidazole rings is 1. The number of aromatic nitrogens is 2. The molecule has 1 fully saturated rings. The van der Waals surface area contributed by atoms with Crippen molar-refractivity contribution in [3.8, 4) is 5.75 Å². The first-order chi connectivity index (χ1) is 16.5. The average Bonchev–Trinajstić information content (AvgIpc) is 3.08. The largest absolute Gasteiger partial charge is 0.491 e. The van der Waals surface area contributed by atoms with E-state index in [1.54, 1.807) is 4.57 Å². The average molecular weight is 547 g/mol. The van der Waals surface area contributed by atoms with Crippen molar-refractivity contribution >= 4 is 27.8 Å². The summed E-state index contributed by atoms with van der Waals surface area (Å²) in [5.74, 6) is 1.01. The lowest BCUT2D eigenvalue weighted by atomic mass is 9.78. The number of rotatable bonds is 5.